The first-order valence-electron chi connectivity index (χ1n) is 4.88. The van der Waals surface area contributed by atoms with E-state index in [2.05, 4.69) is 4.98 Å². The SMILES string of the molecule is Cc1nc2sc(C3CC3)cn2c1C(=O)O. The van der Waals surface area contributed by atoms with Crippen molar-refractivity contribution in [3.63, 3.8) is 0 Å². The summed E-state index contributed by atoms with van der Waals surface area (Å²) in [5.41, 5.74) is 0.893. The third-order valence-corrected chi connectivity index (χ3v) is 3.85. The van der Waals surface area contributed by atoms with Crippen molar-refractivity contribution in [1.29, 1.82) is 0 Å². The van der Waals surface area contributed by atoms with Crippen LogP contribution < -0.4 is 0 Å². The lowest BCUT2D eigenvalue weighted by molar-refractivity contribution is 0.0688. The van der Waals surface area contributed by atoms with Gasteiger partial charge in [0.15, 0.2) is 10.7 Å². The molecule has 0 aliphatic heterocycles. The van der Waals surface area contributed by atoms with Gasteiger partial charge in [-0.2, -0.15) is 0 Å². The molecule has 3 rings (SSSR count). The lowest BCUT2D eigenvalue weighted by atomic mass is 10.3. The minimum Gasteiger partial charge on any atom is -0.477 e. The van der Waals surface area contributed by atoms with E-state index in [0.29, 0.717) is 17.3 Å². The van der Waals surface area contributed by atoms with Crippen LogP contribution in [0.15, 0.2) is 6.20 Å². The summed E-state index contributed by atoms with van der Waals surface area (Å²) in [6.45, 7) is 1.74. The summed E-state index contributed by atoms with van der Waals surface area (Å²) in [5, 5.41) is 9.06. The summed E-state index contributed by atoms with van der Waals surface area (Å²) in [7, 11) is 0. The monoisotopic (exact) mass is 222 g/mol. The number of aromatic carboxylic acids is 1. The van der Waals surface area contributed by atoms with E-state index >= 15 is 0 Å². The van der Waals surface area contributed by atoms with Gasteiger partial charge in [0, 0.05) is 11.1 Å². The third-order valence-electron chi connectivity index (χ3n) is 2.70. The lowest BCUT2D eigenvalue weighted by Gasteiger charge is -1.92. The van der Waals surface area contributed by atoms with E-state index in [9.17, 15) is 4.79 Å². The summed E-state index contributed by atoms with van der Waals surface area (Å²) < 4.78 is 1.70. The van der Waals surface area contributed by atoms with Gasteiger partial charge < -0.3 is 5.11 Å². The minimum absolute atomic E-state index is 0.299. The van der Waals surface area contributed by atoms with E-state index in [1.54, 1.807) is 22.7 Å². The van der Waals surface area contributed by atoms with Gasteiger partial charge in [-0.3, -0.25) is 4.40 Å². The molecule has 78 valence electrons. The van der Waals surface area contributed by atoms with E-state index in [1.807, 2.05) is 6.20 Å². The Morgan fingerprint density at radius 1 is 1.67 bits per heavy atom. The van der Waals surface area contributed by atoms with Crippen LogP contribution in [0.4, 0.5) is 0 Å². The van der Waals surface area contributed by atoms with Gasteiger partial charge in [0.05, 0.1) is 5.69 Å². The van der Waals surface area contributed by atoms with E-state index in [1.165, 1.54) is 17.7 Å². The number of hydrogen-bond acceptors (Lipinski definition) is 3. The van der Waals surface area contributed by atoms with Gasteiger partial charge in [-0.25, -0.2) is 9.78 Å². The van der Waals surface area contributed by atoms with Gasteiger partial charge in [-0.1, -0.05) is 0 Å². The van der Waals surface area contributed by atoms with E-state index < -0.39 is 5.97 Å². The molecular formula is C10H10N2O2S. The molecule has 1 aliphatic rings. The second kappa shape index (κ2) is 2.82. The normalized spacial score (nSPS) is 16.1. The predicted molar refractivity (Wildman–Crippen MR) is 56.7 cm³/mol. The zero-order valence-corrected chi connectivity index (χ0v) is 9.04. The quantitative estimate of drug-likeness (QED) is 0.848. The molecule has 1 aliphatic carbocycles. The van der Waals surface area contributed by atoms with Crippen molar-refractivity contribution in [2.45, 2.75) is 25.7 Å². The van der Waals surface area contributed by atoms with Crippen LogP contribution in [-0.4, -0.2) is 20.5 Å². The molecule has 0 amide bonds. The van der Waals surface area contributed by atoms with Crippen LogP contribution in [0.5, 0.6) is 0 Å². The fourth-order valence-corrected chi connectivity index (χ4v) is 2.98. The largest absolute Gasteiger partial charge is 0.477 e. The van der Waals surface area contributed by atoms with Crippen LogP contribution in [-0.2, 0) is 0 Å². The number of carboxylic acids is 1. The summed E-state index contributed by atoms with van der Waals surface area (Å²) in [6.07, 6.45) is 4.39. The maximum absolute atomic E-state index is 11.0. The molecule has 2 heterocycles. The average molecular weight is 222 g/mol. The van der Waals surface area contributed by atoms with Crippen molar-refractivity contribution in [2.75, 3.05) is 0 Å². The Balaban J connectivity index is 2.23. The van der Waals surface area contributed by atoms with Crippen molar-refractivity contribution in [3.8, 4) is 0 Å². The Labute approximate surface area is 90.2 Å². The second-order valence-corrected chi connectivity index (χ2v) is 4.95. The molecule has 2 aromatic heterocycles. The predicted octanol–water partition coefficient (Wildman–Crippen LogP) is 2.28. The summed E-state index contributed by atoms with van der Waals surface area (Å²) >= 11 is 1.61. The van der Waals surface area contributed by atoms with Gasteiger partial charge in [-0.15, -0.1) is 11.3 Å². The number of nitrogens with zero attached hydrogens (tertiary/aromatic N) is 2. The molecule has 0 saturated heterocycles. The van der Waals surface area contributed by atoms with Crippen LogP contribution >= 0.6 is 11.3 Å². The molecule has 0 radical (unpaired) electrons. The number of rotatable bonds is 2. The summed E-state index contributed by atoms with van der Waals surface area (Å²) in [6, 6.07) is 0. The first kappa shape index (κ1) is 8.91. The lowest BCUT2D eigenvalue weighted by Crippen LogP contribution is -2.02. The summed E-state index contributed by atoms with van der Waals surface area (Å²) in [4.78, 5) is 17.4. The van der Waals surface area contributed by atoms with Crippen molar-refractivity contribution in [1.82, 2.24) is 9.38 Å². The number of fused-ring (bicyclic) bond motifs is 1. The van der Waals surface area contributed by atoms with Crippen LogP contribution in [0.2, 0.25) is 0 Å². The van der Waals surface area contributed by atoms with Crippen molar-refractivity contribution >= 4 is 22.3 Å². The second-order valence-electron chi connectivity index (χ2n) is 3.91. The van der Waals surface area contributed by atoms with Crippen molar-refractivity contribution in [3.05, 3.63) is 22.5 Å². The number of aromatic nitrogens is 2. The highest BCUT2D eigenvalue weighted by Crippen LogP contribution is 2.43. The Kier molecular flexibility index (Phi) is 1.68. The molecule has 4 nitrogen and oxygen atoms in total. The topological polar surface area (TPSA) is 54.6 Å². The number of hydrogen-bond donors (Lipinski definition) is 1. The minimum atomic E-state index is -0.903. The molecule has 1 saturated carbocycles. The van der Waals surface area contributed by atoms with E-state index in [0.717, 1.165) is 4.96 Å². The summed E-state index contributed by atoms with van der Waals surface area (Å²) in [5.74, 6) is -0.251. The van der Waals surface area contributed by atoms with Gasteiger partial charge in [0.25, 0.3) is 0 Å². The van der Waals surface area contributed by atoms with Gasteiger partial charge in [0.2, 0.25) is 0 Å². The van der Waals surface area contributed by atoms with Gasteiger partial charge in [-0.05, 0) is 25.7 Å². The first-order chi connectivity index (χ1) is 7.16. The Morgan fingerprint density at radius 2 is 2.40 bits per heavy atom. The van der Waals surface area contributed by atoms with Crippen molar-refractivity contribution < 1.29 is 9.90 Å². The van der Waals surface area contributed by atoms with Crippen LogP contribution in [0.25, 0.3) is 4.96 Å². The van der Waals surface area contributed by atoms with Crippen molar-refractivity contribution in [2.24, 2.45) is 0 Å². The molecule has 0 unspecified atom stereocenters. The molecule has 5 heteroatoms. The average Bonchev–Trinajstić information content (AvgIpc) is 2.84. The fourth-order valence-electron chi connectivity index (χ4n) is 1.79. The molecule has 0 bridgehead atoms. The first-order valence-corrected chi connectivity index (χ1v) is 5.70. The molecule has 0 spiro atoms. The highest BCUT2D eigenvalue weighted by atomic mass is 32.1. The van der Waals surface area contributed by atoms with Gasteiger partial charge >= 0.3 is 5.97 Å². The number of aryl methyl sites for hydroxylation is 1. The Hall–Kier alpha value is -1.36. The maximum atomic E-state index is 11.0. The Morgan fingerprint density at radius 3 is 3.00 bits per heavy atom. The number of imidazole rings is 1. The smallest absolute Gasteiger partial charge is 0.354 e. The molecule has 1 fully saturated rings. The zero-order valence-electron chi connectivity index (χ0n) is 8.23. The molecular weight excluding hydrogens is 212 g/mol. The zero-order chi connectivity index (χ0) is 10.6. The van der Waals surface area contributed by atoms with E-state index in [4.69, 9.17) is 5.11 Å². The Bertz CT molecular complexity index is 551. The molecule has 15 heavy (non-hydrogen) atoms. The standard InChI is InChI=1S/C10H10N2O2S/c1-5-8(9(13)14)12-4-7(6-2-3-6)15-10(12)11-5/h4,6H,2-3H2,1H3,(H,13,14). The molecule has 0 aromatic carbocycles. The number of carboxylic acid groups (broad SMARTS) is 1. The fraction of sp³-hybridized carbons (Fsp3) is 0.400. The number of carbonyl (C=O) groups is 1. The highest BCUT2D eigenvalue weighted by molar-refractivity contribution is 7.17. The van der Waals surface area contributed by atoms with Crippen LogP contribution in [0, 0.1) is 6.92 Å². The molecule has 1 N–H and O–H groups in total. The number of thiazole rings is 1. The maximum Gasteiger partial charge on any atom is 0.354 e. The molecule has 0 atom stereocenters. The van der Waals surface area contributed by atoms with Crippen LogP contribution in [0.3, 0.4) is 0 Å². The third kappa shape index (κ3) is 1.26. The highest BCUT2D eigenvalue weighted by Gasteiger charge is 2.27. The van der Waals surface area contributed by atoms with Gasteiger partial charge in [0.1, 0.15) is 0 Å². The van der Waals surface area contributed by atoms with E-state index in [-0.39, 0.29) is 0 Å². The molecule has 2 aromatic rings. The van der Waals surface area contributed by atoms with Crippen LogP contribution in [0.1, 0.15) is 39.8 Å².